The predicted octanol–water partition coefficient (Wildman–Crippen LogP) is 0.739. The number of nitrogens with one attached hydrogen (secondary N) is 3. The molecule has 0 fully saturated rings. The maximum Gasteiger partial charge on any atom is 0.136 e. The summed E-state index contributed by atoms with van der Waals surface area (Å²) < 4.78 is 2.90. The molecule has 0 unspecified atom stereocenters. The van der Waals surface area contributed by atoms with Gasteiger partial charge in [-0.3, -0.25) is 0 Å². The van der Waals surface area contributed by atoms with Crippen molar-refractivity contribution in [3.63, 3.8) is 0 Å². The fourth-order valence-corrected chi connectivity index (χ4v) is 1.27. The number of hydrogen-bond donors (Lipinski definition) is 3. The number of nitrogens with zero attached hydrogens (tertiary/aromatic N) is 1. The van der Waals surface area contributed by atoms with Crippen LogP contribution < -0.4 is 10.2 Å². The van der Waals surface area contributed by atoms with Gasteiger partial charge >= 0.3 is 0 Å². The molecule has 64 valence electrons. The van der Waals surface area contributed by atoms with Crippen LogP contribution in [0.15, 0.2) is 0 Å². The summed E-state index contributed by atoms with van der Waals surface area (Å²) in [6.07, 6.45) is 0. The highest BCUT2D eigenvalue weighted by Gasteiger charge is 1.95. The van der Waals surface area contributed by atoms with Crippen molar-refractivity contribution in [2.75, 3.05) is 19.5 Å². The molecule has 1 heterocycles. The van der Waals surface area contributed by atoms with E-state index in [1.54, 1.807) is 7.11 Å². The molecule has 3 N–H and O–H groups in total. The summed E-state index contributed by atoms with van der Waals surface area (Å²) in [5.41, 5.74) is 0. The van der Waals surface area contributed by atoms with Crippen LogP contribution in [0.1, 0.15) is 4.88 Å². The highest BCUT2D eigenvalue weighted by Crippen LogP contribution is 2.10. The van der Waals surface area contributed by atoms with Crippen LogP contribution in [0.25, 0.3) is 0 Å². The number of H-pyrrole nitrogens is 2. The van der Waals surface area contributed by atoms with Gasteiger partial charge in [0.2, 0.25) is 0 Å². The van der Waals surface area contributed by atoms with Gasteiger partial charge in [0.1, 0.15) is 12.9 Å². The van der Waals surface area contributed by atoms with E-state index in [9.17, 15) is 0 Å². The maximum atomic E-state index is 4.89. The second-order valence-electron chi connectivity index (χ2n) is 1.96. The summed E-state index contributed by atoms with van der Waals surface area (Å²) in [7, 11) is 3.43. The lowest BCUT2D eigenvalue weighted by molar-refractivity contribution is 0.1000. The van der Waals surface area contributed by atoms with Crippen molar-refractivity contribution in [3.05, 3.63) is 4.88 Å². The number of hydrogen-bond acceptors (Lipinski definition) is 3. The Morgan fingerprint density at radius 1 is 1.64 bits per heavy atom. The summed E-state index contributed by atoms with van der Waals surface area (Å²) in [6, 6.07) is 0. The number of anilines is 1. The Kier molecular flexibility index (Phi) is 2.48. The molecule has 5 nitrogen and oxygen atoms in total. The zero-order valence-electron chi connectivity index (χ0n) is 6.76. The molecule has 0 saturated heterocycles. The molecular weight excluding hydrogens is 164 g/mol. The Hall–Kier alpha value is -1.04. The van der Waals surface area contributed by atoms with E-state index in [0.29, 0.717) is 0 Å². The second kappa shape index (κ2) is 3.38. The van der Waals surface area contributed by atoms with Gasteiger partial charge in [0.25, 0.3) is 0 Å². The minimum atomic E-state index is 0.940. The van der Waals surface area contributed by atoms with Crippen LogP contribution in [0, 0.1) is 6.92 Å². The Labute approximate surface area is 68.7 Å². The highest BCUT2D eigenvalue weighted by molar-refractivity contribution is 7.05. The van der Waals surface area contributed by atoms with Crippen molar-refractivity contribution in [2.24, 2.45) is 0 Å². The zero-order valence-corrected chi connectivity index (χ0v) is 7.58. The van der Waals surface area contributed by atoms with Gasteiger partial charge in [-0.2, -0.15) is 0 Å². The number of aryl methyl sites for hydroxylation is 1. The van der Waals surface area contributed by atoms with Gasteiger partial charge in [0.15, 0.2) is 0 Å². The maximum absolute atomic E-state index is 4.89. The Balaban J connectivity index is 3.02. The van der Waals surface area contributed by atoms with Crippen molar-refractivity contribution in [3.8, 4) is 0 Å². The van der Waals surface area contributed by atoms with Gasteiger partial charge in [0, 0.05) is 7.05 Å². The minimum absolute atomic E-state index is 0.940. The number of rotatable bonds is 2. The fourth-order valence-electron chi connectivity index (χ4n) is 0.679. The standard InChI is InChI=1S/C5H12N4OS/c1-4-5(6-2)7-9(10-3)8-11-4/h6-8H,1-3H3. The summed E-state index contributed by atoms with van der Waals surface area (Å²) in [5, 5.41) is 5.95. The number of aromatic nitrogens is 3. The molecule has 0 aromatic carbocycles. The first-order chi connectivity index (χ1) is 5.27. The van der Waals surface area contributed by atoms with Crippen molar-refractivity contribution in [1.29, 1.82) is 0 Å². The zero-order chi connectivity index (χ0) is 8.27. The van der Waals surface area contributed by atoms with Crippen molar-refractivity contribution >= 4 is 17.4 Å². The summed E-state index contributed by atoms with van der Waals surface area (Å²) in [5.74, 6) is 0.940. The molecule has 0 spiro atoms. The molecule has 0 aliphatic carbocycles. The molecule has 0 aliphatic heterocycles. The van der Waals surface area contributed by atoms with E-state index >= 15 is 0 Å². The van der Waals surface area contributed by atoms with E-state index in [2.05, 4.69) is 14.9 Å². The largest absolute Gasteiger partial charge is 0.387 e. The quantitative estimate of drug-likeness (QED) is 0.622. The molecule has 1 aromatic rings. The lowest BCUT2D eigenvalue weighted by Crippen LogP contribution is -2.15. The third-order valence-electron chi connectivity index (χ3n) is 1.28. The molecule has 0 bridgehead atoms. The van der Waals surface area contributed by atoms with Crippen LogP contribution in [-0.2, 0) is 0 Å². The SMILES string of the molecule is CNc1[nH]n(OC)[nH]sc1C. The van der Waals surface area contributed by atoms with Gasteiger partial charge in [-0.1, -0.05) is 0 Å². The second-order valence-corrected chi connectivity index (χ2v) is 2.96. The van der Waals surface area contributed by atoms with E-state index in [0.717, 1.165) is 10.7 Å². The normalized spacial score (nSPS) is 9.36. The van der Waals surface area contributed by atoms with E-state index in [1.807, 2.05) is 14.0 Å². The Morgan fingerprint density at radius 2 is 2.36 bits per heavy atom. The molecule has 1 rings (SSSR count). The summed E-state index contributed by atoms with van der Waals surface area (Å²) in [4.78, 5) is 7.45. The third kappa shape index (κ3) is 1.70. The van der Waals surface area contributed by atoms with E-state index in [4.69, 9.17) is 4.84 Å². The first-order valence-electron chi connectivity index (χ1n) is 3.20. The van der Waals surface area contributed by atoms with Crippen LogP contribution in [0.3, 0.4) is 0 Å². The average molecular weight is 176 g/mol. The van der Waals surface area contributed by atoms with E-state index in [-0.39, 0.29) is 0 Å². The smallest absolute Gasteiger partial charge is 0.136 e. The monoisotopic (exact) mass is 176 g/mol. The lowest BCUT2D eigenvalue weighted by Gasteiger charge is -2.08. The van der Waals surface area contributed by atoms with Gasteiger partial charge in [-0.05, 0) is 23.4 Å². The molecule has 11 heavy (non-hydrogen) atoms. The first kappa shape index (κ1) is 8.06. The van der Waals surface area contributed by atoms with Gasteiger partial charge in [0.05, 0.1) is 4.88 Å². The molecule has 1 aromatic heterocycles. The molecule has 6 heteroatoms. The number of aromatic amines is 2. The Bertz CT molecular complexity index is 254. The molecule has 0 saturated carbocycles. The molecule has 0 amide bonds. The molecule has 0 aliphatic rings. The summed E-state index contributed by atoms with van der Waals surface area (Å²) >= 11 is 1.49. The lowest BCUT2D eigenvalue weighted by atomic mass is 10.6. The van der Waals surface area contributed by atoms with E-state index < -0.39 is 0 Å². The molecular formula is C5H12N4OS. The highest BCUT2D eigenvalue weighted by atomic mass is 32.1. The topological polar surface area (TPSA) is 57.8 Å². The van der Waals surface area contributed by atoms with Crippen LogP contribution in [-0.4, -0.2) is 28.7 Å². The van der Waals surface area contributed by atoms with Crippen molar-refractivity contribution < 1.29 is 4.84 Å². The minimum Gasteiger partial charge on any atom is -0.387 e. The average Bonchev–Trinajstić information content (AvgIpc) is 2.05. The van der Waals surface area contributed by atoms with Crippen molar-refractivity contribution in [1.82, 2.24) is 14.5 Å². The van der Waals surface area contributed by atoms with Crippen LogP contribution in [0.5, 0.6) is 0 Å². The predicted molar refractivity (Wildman–Crippen MR) is 45.4 cm³/mol. The van der Waals surface area contributed by atoms with Gasteiger partial charge < -0.3 is 10.2 Å². The fraction of sp³-hybridized carbons (Fsp3) is 0.600. The van der Waals surface area contributed by atoms with Gasteiger partial charge in [-0.25, -0.2) is 9.59 Å². The molecule has 0 atom stereocenters. The van der Waals surface area contributed by atoms with Crippen LogP contribution >= 0.6 is 11.5 Å². The van der Waals surface area contributed by atoms with Crippen LogP contribution in [0.2, 0.25) is 0 Å². The first-order valence-corrected chi connectivity index (χ1v) is 4.01. The van der Waals surface area contributed by atoms with Gasteiger partial charge in [-0.15, -0.1) is 0 Å². The third-order valence-corrected chi connectivity index (χ3v) is 2.05. The Morgan fingerprint density at radius 3 is 2.91 bits per heavy atom. The molecule has 0 radical (unpaired) electrons. The van der Waals surface area contributed by atoms with Crippen LogP contribution in [0.4, 0.5) is 5.82 Å². The van der Waals surface area contributed by atoms with E-state index in [1.165, 1.54) is 16.5 Å². The van der Waals surface area contributed by atoms with Crippen molar-refractivity contribution in [2.45, 2.75) is 6.92 Å². The summed E-state index contributed by atoms with van der Waals surface area (Å²) in [6.45, 7) is 2.00.